The lowest BCUT2D eigenvalue weighted by molar-refractivity contribution is -0.0243. The second kappa shape index (κ2) is 5.57. The van der Waals surface area contributed by atoms with E-state index in [1.165, 1.54) is 0 Å². The van der Waals surface area contributed by atoms with Crippen molar-refractivity contribution in [1.29, 1.82) is 0 Å². The molecule has 3 rings (SSSR count). The summed E-state index contributed by atoms with van der Waals surface area (Å²) in [5, 5.41) is 20.1. The Kier molecular flexibility index (Phi) is 3.74. The number of carboxylic acid groups (broad SMARTS) is 1. The first-order valence-corrected chi connectivity index (χ1v) is 7.58. The molecular weight excluding hydrogens is 280 g/mol. The van der Waals surface area contributed by atoms with Crippen molar-refractivity contribution in [3.63, 3.8) is 0 Å². The predicted molar refractivity (Wildman–Crippen MR) is 82.8 cm³/mol. The Labute approximate surface area is 129 Å². The van der Waals surface area contributed by atoms with Crippen molar-refractivity contribution in [2.24, 2.45) is 0 Å². The number of aliphatic hydroxyl groups is 1. The lowest BCUT2D eigenvalue weighted by Crippen LogP contribution is -2.39. The Morgan fingerprint density at radius 2 is 2.05 bits per heavy atom. The fourth-order valence-corrected chi connectivity index (χ4v) is 3.37. The molecule has 0 unspecified atom stereocenters. The number of carboxylic acids is 1. The van der Waals surface area contributed by atoms with Crippen LogP contribution >= 0.6 is 0 Å². The van der Waals surface area contributed by atoms with Crippen molar-refractivity contribution in [3.05, 3.63) is 42.4 Å². The summed E-state index contributed by atoms with van der Waals surface area (Å²) in [6.45, 7) is 1.83. The molecule has 116 valence electrons. The lowest BCUT2D eigenvalue weighted by atomic mass is 9.81. The summed E-state index contributed by atoms with van der Waals surface area (Å²) in [6, 6.07) is 9.22. The standard InChI is InChI=1S/C17H20N2O3/c1-17(22)10-6-5-9-13(17)19-11-18-14(16(20)21)15(19)12-7-3-2-4-8-12/h2-4,7-8,11,13,22H,5-6,9-10H2,1H3,(H,20,21)/t13-,17+/m1/s1. The number of hydrogen-bond acceptors (Lipinski definition) is 3. The highest BCUT2D eigenvalue weighted by Crippen LogP contribution is 2.40. The summed E-state index contributed by atoms with van der Waals surface area (Å²) in [6.07, 6.45) is 5.10. The molecule has 0 aliphatic heterocycles. The maximum Gasteiger partial charge on any atom is 0.356 e. The second-order valence-electron chi connectivity index (χ2n) is 6.14. The molecule has 0 amide bonds. The molecule has 2 N–H and O–H groups in total. The smallest absolute Gasteiger partial charge is 0.356 e. The van der Waals surface area contributed by atoms with E-state index in [9.17, 15) is 15.0 Å². The summed E-state index contributed by atoms with van der Waals surface area (Å²) in [5.41, 5.74) is 0.560. The summed E-state index contributed by atoms with van der Waals surface area (Å²) < 4.78 is 1.85. The van der Waals surface area contributed by atoms with Gasteiger partial charge in [-0.1, -0.05) is 43.2 Å². The first-order valence-electron chi connectivity index (χ1n) is 7.58. The molecule has 1 aliphatic carbocycles. The average Bonchev–Trinajstić information content (AvgIpc) is 2.92. The second-order valence-corrected chi connectivity index (χ2v) is 6.14. The summed E-state index contributed by atoms with van der Waals surface area (Å²) in [4.78, 5) is 15.6. The molecule has 1 aliphatic rings. The van der Waals surface area contributed by atoms with Crippen molar-refractivity contribution < 1.29 is 15.0 Å². The highest BCUT2D eigenvalue weighted by molar-refractivity contribution is 5.93. The zero-order valence-electron chi connectivity index (χ0n) is 12.6. The molecule has 5 nitrogen and oxygen atoms in total. The fraction of sp³-hybridized carbons (Fsp3) is 0.412. The van der Waals surface area contributed by atoms with E-state index in [1.54, 1.807) is 6.33 Å². The van der Waals surface area contributed by atoms with Gasteiger partial charge in [0.2, 0.25) is 0 Å². The molecule has 0 saturated heterocycles. The number of rotatable bonds is 3. The molecule has 1 aromatic heterocycles. The van der Waals surface area contributed by atoms with E-state index in [2.05, 4.69) is 4.98 Å². The summed E-state index contributed by atoms with van der Waals surface area (Å²) in [7, 11) is 0. The molecule has 2 atom stereocenters. The van der Waals surface area contributed by atoms with E-state index < -0.39 is 11.6 Å². The maximum atomic E-state index is 11.5. The van der Waals surface area contributed by atoms with Gasteiger partial charge in [-0.3, -0.25) is 0 Å². The molecule has 22 heavy (non-hydrogen) atoms. The largest absolute Gasteiger partial charge is 0.476 e. The van der Waals surface area contributed by atoms with Crippen LogP contribution in [0.15, 0.2) is 36.7 Å². The van der Waals surface area contributed by atoms with Gasteiger partial charge in [0.05, 0.1) is 23.7 Å². The maximum absolute atomic E-state index is 11.5. The Balaban J connectivity index is 2.15. The van der Waals surface area contributed by atoms with Crippen LogP contribution in [0.3, 0.4) is 0 Å². The number of carbonyl (C=O) groups is 1. The molecule has 1 heterocycles. The van der Waals surface area contributed by atoms with E-state index >= 15 is 0 Å². The minimum absolute atomic E-state index is 0.0348. The van der Waals surface area contributed by atoms with E-state index in [1.807, 2.05) is 41.8 Å². The molecule has 5 heteroatoms. The summed E-state index contributed by atoms with van der Waals surface area (Å²) >= 11 is 0. The van der Waals surface area contributed by atoms with Gasteiger partial charge < -0.3 is 14.8 Å². The zero-order chi connectivity index (χ0) is 15.7. The van der Waals surface area contributed by atoms with Gasteiger partial charge >= 0.3 is 5.97 Å². The number of imidazole rings is 1. The topological polar surface area (TPSA) is 75.3 Å². The van der Waals surface area contributed by atoms with Gasteiger partial charge in [0.1, 0.15) is 0 Å². The van der Waals surface area contributed by atoms with Gasteiger partial charge in [0, 0.05) is 5.56 Å². The van der Waals surface area contributed by atoms with Crippen molar-refractivity contribution in [2.45, 2.75) is 44.2 Å². The fourth-order valence-electron chi connectivity index (χ4n) is 3.37. The Morgan fingerprint density at radius 1 is 1.32 bits per heavy atom. The van der Waals surface area contributed by atoms with Crippen LogP contribution in [0.1, 0.15) is 49.1 Å². The van der Waals surface area contributed by atoms with Crippen LogP contribution in [0.2, 0.25) is 0 Å². The van der Waals surface area contributed by atoms with Crippen LogP contribution in [-0.2, 0) is 0 Å². The molecule has 1 saturated carbocycles. The minimum atomic E-state index is -1.05. The monoisotopic (exact) mass is 300 g/mol. The van der Waals surface area contributed by atoms with Crippen molar-refractivity contribution in [1.82, 2.24) is 9.55 Å². The van der Waals surface area contributed by atoms with Gasteiger partial charge in [-0.05, 0) is 19.8 Å². The van der Waals surface area contributed by atoms with E-state index in [0.29, 0.717) is 12.1 Å². The van der Waals surface area contributed by atoms with Crippen LogP contribution in [0.5, 0.6) is 0 Å². The van der Waals surface area contributed by atoms with E-state index in [4.69, 9.17) is 0 Å². The van der Waals surface area contributed by atoms with Gasteiger partial charge in [0.15, 0.2) is 5.69 Å². The highest BCUT2D eigenvalue weighted by Gasteiger charge is 2.37. The molecule has 0 spiro atoms. The van der Waals surface area contributed by atoms with Gasteiger partial charge in [0.25, 0.3) is 0 Å². The van der Waals surface area contributed by atoms with Crippen LogP contribution in [0, 0.1) is 0 Å². The highest BCUT2D eigenvalue weighted by atomic mass is 16.4. The first-order chi connectivity index (χ1) is 10.5. The number of aromatic nitrogens is 2. The van der Waals surface area contributed by atoms with E-state index in [-0.39, 0.29) is 11.7 Å². The quantitative estimate of drug-likeness (QED) is 0.913. The number of aromatic carboxylic acids is 1. The predicted octanol–water partition coefficient (Wildman–Crippen LogP) is 3.11. The van der Waals surface area contributed by atoms with Crippen LogP contribution in [-0.4, -0.2) is 31.3 Å². The normalized spacial score (nSPS) is 25.1. The third-order valence-electron chi connectivity index (χ3n) is 4.51. The summed E-state index contributed by atoms with van der Waals surface area (Å²) in [5.74, 6) is -1.05. The lowest BCUT2D eigenvalue weighted by Gasteiger charge is -2.38. The minimum Gasteiger partial charge on any atom is -0.476 e. The first kappa shape index (κ1) is 14.8. The Hall–Kier alpha value is -2.14. The van der Waals surface area contributed by atoms with Crippen LogP contribution < -0.4 is 0 Å². The molecule has 1 fully saturated rings. The van der Waals surface area contributed by atoms with Crippen molar-refractivity contribution in [3.8, 4) is 11.3 Å². The third kappa shape index (κ3) is 2.52. The van der Waals surface area contributed by atoms with Gasteiger partial charge in [-0.2, -0.15) is 0 Å². The molecule has 1 aromatic carbocycles. The van der Waals surface area contributed by atoms with Crippen LogP contribution in [0.25, 0.3) is 11.3 Å². The third-order valence-corrected chi connectivity index (χ3v) is 4.51. The van der Waals surface area contributed by atoms with Gasteiger partial charge in [-0.15, -0.1) is 0 Å². The molecule has 0 radical (unpaired) electrons. The molecule has 0 bridgehead atoms. The molecule has 2 aromatic rings. The Morgan fingerprint density at radius 3 is 2.68 bits per heavy atom. The SMILES string of the molecule is C[C@]1(O)CCCC[C@H]1n1cnc(C(=O)O)c1-c1ccccc1. The number of hydrogen-bond donors (Lipinski definition) is 2. The molecular formula is C17H20N2O3. The van der Waals surface area contributed by atoms with Crippen LogP contribution in [0.4, 0.5) is 0 Å². The van der Waals surface area contributed by atoms with Crippen molar-refractivity contribution in [2.75, 3.05) is 0 Å². The van der Waals surface area contributed by atoms with E-state index in [0.717, 1.165) is 24.8 Å². The number of benzene rings is 1. The number of nitrogens with zero attached hydrogens (tertiary/aromatic N) is 2. The van der Waals surface area contributed by atoms with Crippen molar-refractivity contribution >= 4 is 5.97 Å². The Bertz CT molecular complexity index is 676. The average molecular weight is 300 g/mol. The zero-order valence-corrected chi connectivity index (χ0v) is 12.6. The van der Waals surface area contributed by atoms with Gasteiger partial charge in [-0.25, -0.2) is 9.78 Å².